The lowest BCUT2D eigenvalue weighted by molar-refractivity contribution is -0.384. The lowest BCUT2D eigenvalue weighted by Gasteiger charge is -2.29. The first-order valence-electron chi connectivity index (χ1n) is 7.87. The highest BCUT2D eigenvalue weighted by atomic mass is 35.5. The molecule has 1 aromatic rings. The summed E-state index contributed by atoms with van der Waals surface area (Å²) in [5.41, 5.74) is 1.20. The van der Waals surface area contributed by atoms with E-state index in [2.05, 4.69) is 10.2 Å². The van der Waals surface area contributed by atoms with Gasteiger partial charge < -0.3 is 15.3 Å². The number of non-ortho nitro benzene ring substituents is 1. The highest BCUT2D eigenvalue weighted by molar-refractivity contribution is 5.91. The minimum Gasteiger partial charge on any atom is -0.481 e. The highest BCUT2D eigenvalue weighted by Crippen LogP contribution is 2.21. The summed E-state index contributed by atoms with van der Waals surface area (Å²) in [6, 6.07) is 4.31. The van der Waals surface area contributed by atoms with Gasteiger partial charge in [0.2, 0.25) is 5.91 Å². The molecule has 1 aromatic carbocycles. The fourth-order valence-electron chi connectivity index (χ4n) is 2.78. The maximum atomic E-state index is 12.0. The molecular formula is C16H22ClN3O5. The van der Waals surface area contributed by atoms with Gasteiger partial charge in [-0.05, 0) is 44.5 Å². The van der Waals surface area contributed by atoms with Gasteiger partial charge in [0, 0.05) is 30.8 Å². The van der Waals surface area contributed by atoms with E-state index in [0.717, 1.165) is 0 Å². The van der Waals surface area contributed by atoms with Crippen molar-refractivity contribution in [1.29, 1.82) is 0 Å². The number of anilines is 1. The molecule has 1 aliphatic heterocycles. The molecule has 1 heterocycles. The Morgan fingerprint density at radius 3 is 2.52 bits per heavy atom. The van der Waals surface area contributed by atoms with Crippen LogP contribution in [0.2, 0.25) is 0 Å². The van der Waals surface area contributed by atoms with E-state index in [1.807, 2.05) is 0 Å². The molecule has 0 aliphatic carbocycles. The molecule has 1 fully saturated rings. The number of benzene rings is 1. The number of nitro groups is 1. The molecule has 2 N–H and O–H groups in total. The molecule has 1 amide bonds. The molecule has 0 unspecified atom stereocenters. The van der Waals surface area contributed by atoms with Crippen LogP contribution in [0.15, 0.2) is 18.2 Å². The molecule has 0 atom stereocenters. The Bertz CT molecular complexity index is 645. The van der Waals surface area contributed by atoms with E-state index < -0.39 is 10.9 Å². The lowest BCUT2D eigenvalue weighted by atomic mass is 9.97. The Morgan fingerprint density at radius 2 is 2.00 bits per heavy atom. The topological polar surface area (TPSA) is 113 Å². The number of carbonyl (C=O) groups is 2. The smallest absolute Gasteiger partial charge is 0.306 e. The van der Waals surface area contributed by atoms with Crippen molar-refractivity contribution >= 4 is 35.7 Å². The van der Waals surface area contributed by atoms with E-state index in [-0.39, 0.29) is 29.9 Å². The third-order valence-corrected chi connectivity index (χ3v) is 4.29. The largest absolute Gasteiger partial charge is 0.481 e. The number of likely N-dealkylation sites (tertiary alicyclic amines) is 1. The molecule has 1 aliphatic rings. The molecule has 0 saturated carbocycles. The van der Waals surface area contributed by atoms with Gasteiger partial charge in [-0.2, -0.15) is 0 Å². The van der Waals surface area contributed by atoms with E-state index >= 15 is 0 Å². The molecular weight excluding hydrogens is 350 g/mol. The number of nitro benzene ring substituents is 1. The van der Waals surface area contributed by atoms with Crippen molar-refractivity contribution in [2.75, 3.05) is 25.0 Å². The molecule has 0 radical (unpaired) electrons. The average Bonchev–Trinajstić information content (AvgIpc) is 2.55. The van der Waals surface area contributed by atoms with Gasteiger partial charge in [-0.3, -0.25) is 19.7 Å². The number of carboxylic acids is 1. The molecule has 0 spiro atoms. The fourth-order valence-corrected chi connectivity index (χ4v) is 2.78. The zero-order valence-electron chi connectivity index (χ0n) is 13.9. The number of hydrogen-bond donors (Lipinski definition) is 2. The molecule has 138 valence electrons. The second kappa shape index (κ2) is 9.33. The van der Waals surface area contributed by atoms with Crippen LogP contribution in [-0.2, 0) is 9.59 Å². The van der Waals surface area contributed by atoms with Crippen LogP contribution in [0, 0.1) is 23.0 Å². The SMILES string of the molecule is Cc1cc([N+](=O)[O-])ccc1NC(=O)CCN1CCC(C(=O)O)CC1.Cl. The quantitative estimate of drug-likeness (QED) is 0.586. The second-order valence-corrected chi connectivity index (χ2v) is 6.01. The van der Waals surface area contributed by atoms with E-state index in [1.165, 1.54) is 18.2 Å². The molecule has 9 heteroatoms. The summed E-state index contributed by atoms with van der Waals surface area (Å²) in [6.45, 7) is 3.64. The first kappa shape index (κ1) is 20.9. The number of nitrogens with one attached hydrogen (secondary N) is 1. The summed E-state index contributed by atoms with van der Waals surface area (Å²) in [4.78, 5) is 35.3. The van der Waals surface area contributed by atoms with Gasteiger partial charge in [0.05, 0.1) is 10.8 Å². The zero-order valence-corrected chi connectivity index (χ0v) is 14.8. The van der Waals surface area contributed by atoms with E-state index in [9.17, 15) is 19.7 Å². The van der Waals surface area contributed by atoms with Crippen LogP contribution >= 0.6 is 12.4 Å². The number of aliphatic carboxylic acids is 1. The monoisotopic (exact) mass is 371 g/mol. The Hall–Kier alpha value is -2.19. The van der Waals surface area contributed by atoms with E-state index in [1.54, 1.807) is 6.92 Å². The van der Waals surface area contributed by atoms with Crippen LogP contribution in [-0.4, -0.2) is 46.4 Å². The van der Waals surface area contributed by atoms with Crippen molar-refractivity contribution in [2.45, 2.75) is 26.2 Å². The van der Waals surface area contributed by atoms with Gasteiger partial charge in [-0.25, -0.2) is 0 Å². The van der Waals surface area contributed by atoms with E-state index in [0.29, 0.717) is 50.1 Å². The van der Waals surface area contributed by atoms with Gasteiger partial charge in [-0.15, -0.1) is 12.4 Å². The van der Waals surface area contributed by atoms with Crippen molar-refractivity contribution in [2.24, 2.45) is 5.92 Å². The van der Waals surface area contributed by atoms with Crippen molar-refractivity contribution in [1.82, 2.24) is 4.90 Å². The number of carbonyl (C=O) groups excluding carboxylic acids is 1. The van der Waals surface area contributed by atoms with Crippen molar-refractivity contribution in [3.63, 3.8) is 0 Å². The zero-order chi connectivity index (χ0) is 17.7. The third kappa shape index (κ3) is 5.99. The maximum absolute atomic E-state index is 12.0. The van der Waals surface area contributed by atoms with Crippen LogP contribution < -0.4 is 5.32 Å². The Balaban J connectivity index is 0.00000312. The average molecular weight is 372 g/mol. The van der Waals surface area contributed by atoms with Gasteiger partial charge in [0.1, 0.15) is 0 Å². The normalized spacial score (nSPS) is 15.2. The van der Waals surface area contributed by atoms with Gasteiger partial charge >= 0.3 is 5.97 Å². The summed E-state index contributed by atoms with van der Waals surface area (Å²) in [6.07, 6.45) is 1.52. The summed E-state index contributed by atoms with van der Waals surface area (Å²) in [5.74, 6) is -1.19. The van der Waals surface area contributed by atoms with Crippen molar-refractivity contribution in [3.05, 3.63) is 33.9 Å². The predicted octanol–water partition coefficient (Wildman–Crippen LogP) is 2.45. The van der Waals surface area contributed by atoms with Crippen molar-refractivity contribution in [3.8, 4) is 0 Å². The minimum atomic E-state index is -0.749. The Labute approximate surface area is 151 Å². The number of nitrogens with zero attached hydrogens (tertiary/aromatic N) is 2. The number of halogens is 1. The van der Waals surface area contributed by atoms with Crippen LogP contribution in [0.3, 0.4) is 0 Å². The number of aryl methyl sites for hydroxylation is 1. The lowest BCUT2D eigenvalue weighted by Crippen LogP contribution is -2.37. The highest BCUT2D eigenvalue weighted by Gasteiger charge is 2.24. The number of amides is 1. The Morgan fingerprint density at radius 1 is 1.36 bits per heavy atom. The standard InChI is InChI=1S/C16H21N3O5.ClH/c1-11-10-13(19(23)24)2-3-14(11)17-15(20)6-9-18-7-4-12(5-8-18)16(21)22;/h2-3,10,12H,4-9H2,1H3,(H,17,20)(H,21,22);1H. The van der Waals surface area contributed by atoms with Gasteiger partial charge in [-0.1, -0.05) is 0 Å². The summed E-state index contributed by atoms with van der Waals surface area (Å²) in [5, 5.41) is 22.4. The molecule has 2 rings (SSSR count). The second-order valence-electron chi connectivity index (χ2n) is 6.01. The molecule has 8 nitrogen and oxygen atoms in total. The molecule has 25 heavy (non-hydrogen) atoms. The number of rotatable bonds is 6. The van der Waals surface area contributed by atoms with E-state index in [4.69, 9.17) is 5.11 Å². The molecule has 1 saturated heterocycles. The number of hydrogen-bond acceptors (Lipinski definition) is 5. The predicted molar refractivity (Wildman–Crippen MR) is 95.1 cm³/mol. The van der Waals surface area contributed by atoms with Crippen molar-refractivity contribution < 1.29 is 19.6 Å². The van der Waals surface area contributed by atoms with Crippen LogP contribution in [0.25, 0.3) is 0 Å². The molecule has 0 aromatic heterocycles. The first-order chi connectivity index (χ1) is 11.4. The van der Waals surface area contributed by atoms with Crippen LogP contribution in [0.1, 0.15) is 24.8 Å². The molecule has 0 bridgehead atoms. The minimum absolute atomic E-state index is 0. The maximum Gasteiger partial charge on any atom is 0.306 e. The number of carboxylic acid groups (broad SMARTS) is 1. The summed E-state index contributed by atoms with van der Waals surface area (Å²) < 4.78 is 0. The summed E-state index contributed by atoms with van der Waals surface area (Å²) in [7, 11) is 0. The van der Waals surface area contributed by atoms with Crippen LogP contribution in [0.4, 0.5) is 11.4 Å². The summed E-state index contributed by atoms with van der Waals surface area (Å²) >= 11 is 0. The fraction of sp³-hybridized carbons (Fsp3) is 0.500. The third-order valence-electron chi connectivity index (χ3n) is 4.29. The van der Waals surface area contributed by atoms with Crippen LogP contribution in [0.5, 0.6) is 0 Å². The Kier molecular flexibility index (Phi) is 7.79. The van der Waals surface area contributed by atoms with Gasteiger partial charge in [0.15, 0.2) is 0 Å². The number of piperidine rings is 1. The van der Waals surface area contributed by atoms with Gasteiger partial charge in [0.25, 0.3) is 5.69 Å². The first-order valence-corrected chi connectivity index (χ1v) is 7.87.